The molecule has 0 heterocycles. The minimum Gasteiger partial charge on any atom is -0.507 e. The van der Waals surface area contributed by atoms with E-state index in [1.54, 1.807) is 18.2 Å². The molecule has 0 aliphatic carbocycles. The molecule has 19 heavy (non-hydrogen) atoms. The van der Waals surface area contributed by atoms with Crippen LogP contribution < -0.4 is 5.32 Å². The van der Waals surface area contributed by atoms with Crippen molar-refractivity contribution in [3.05, 3.63) is 57.0 Å². The van der Waals surface area contributed by atoms with Crippen molar-refractivity contribution in [3.63, 3.8) is 0 Å². The maximum Gasteiger partial charge on any atom is 0.259 e. The number of rotatable bonds is 2. The maximum absolute atomic E-state index is 12.0. The average Bonchev–Trinajstić information content (AvgIpc) is 2.33. The smallest absolute Gasteiger partial charge is 0.259 e. The van der Waals surface area contributed by atoms with Crippen LogP contribution >= 0.6 is 34.8 Å². The minimum atomic E-state index is -0.524. The summed E-state index contributed by atoms with van der Waals surface area (Å²) in [5, 5.41) is 13.2. The van der Waals surface area contributed by atoms with Crippen LogP contribution in [0.15, 0.2) is 36.4 Å². The monoisotopic (exact) mass is 315 g/mol. The van der Waals surface area contributed by atoms with Crippen LogP contribution in [-0.2, 0) is 0 Å². The van der Waals surface area contributed by atoms with Crippen LogP contribution in [0.1, 0.15) is 10.4 Å². The Morgan fingerprint density at radius 3 is 2.26 bits per heavy atom. The van der Waals surface area contributed by atoms with Gasteiger partial charge in [0.25, 0.3) is 5.91 Å². The molecule has 0 aromatic heterocycles. The molecular formula is C13H8Cl3NO2. The Balaban J connectivity index is 2.31. The number of anilines is 1. The van der Waals surface area contributed by atoms with Gasteiger partial charge in [0.15, 0.2) is 0 Å². The Morgan fingerprint density at radius 2 is 1.68 bits per heavy atom. The number of phenols is 1. The fraction of sp³-hybridized carbons (Fsp3) is 0. The molecular weight excluding hydrogens is 309 g/mol. The second-order valence-corrected chi connectivity index (χ2v) is 4.96. The average molecular weight is 317 g/mol. The predicted molar refractivity (Wildman–Crippen MR) is 77.5 cm³/mol. The van der Waals surface area contributed by atoms with Crippen molar-refractivity contribution in [2.45, 2.75) is 0 Å². The number of aromatic hydroxyl groups is 1. The Hall–Kier alpha value is -1.42. The highest BCUT2D eigenvalue weighted by Crippen LogP contribution is 2.31. The van der Waals surface area contributed by atoms with E-state index in [1.165, 1.54) is 18.2 Å². The van der Waals surface area contributed by atoms with Crippen molar-refractivity contribution in [2.75, 3.05) is 5.32 Å². The number of carbonyl (C=O) groups excluding carboxylic acids is 1. The lowest BCUT2D eigenvalue weighted by Crippen LogP contribution is -2.12. The van der Waals surface area contributed by atoms with E-state index in [9.17, 15) is 9.90 Å². The first-order chi connectivity index (χ1) is 8.99. The van der Waals surface area contributed by atoms with Crippen LogP contribution in [0.5, 0.6) is 5.75 Å². The number of amides is 1. The van der Waals surface area contributed by atoms with Crippen LogP contribution in [0.25, 0.3) is 0 Å². The normalized spacial score (nSPS) is 10.3. The van der Waals surface area contributed by atoms with E-state index in [1.807, 2.05) is 0 Å². The second-order valence-electron chi connectivity index (χ2n) is 3.71. The first-order valence-electron chi connectivity index (χ1n) is 5.23. The molecule has 0 unspecified atom stereocenters. The molecule has 0 saturated carbocycles. The summed E-state index contributed by atoms with van der Waals surface area (Å²) in [6.07, 6.45) is 0. The molecule has 0 aliphatic heterocycles. The molecule has 98 valence electrons. The summed E-state index contributed by atoms with van der Waals surface area (Å²) in [5.74, 6) is -0.739. The summed E-state index contributed by atoms with van der Waals surface area (Å²) in [4.78, 5) is 12.0. The number of para-hydroxylation sites is 1. The standard InChI is InChI=1S/C13H8Cl3NO2/c14-7-4-5-8(11(18)6-7)13(19)17-12-9(15)2-1-3-10(12)16/h1-6,18H,(H,17,19). The molecule has 2 aromatic rings. The van der Waals surface area contributed by atoms with Crippen molar-refractivity contribution in [1.82, 2.24) is 0 Å². The fourth-order valence-corrected chi connectivity index (χ4v) is 2.15. The van der Waals surface area contributed by atoms with E-state index < -0.39 is 5.91 Å². The molecule has 2 aromatic carbocycles. The molecule has 0 fully saturated rings. The largest absolute Gasteiger partial charge is 0.507 e. The molecule has 6 heteroatoms. The highest BCUT2D eigenvalue weighted by Gasteiger charge is 2.14. The van der Waals surface area contributed by atoms with Crippen LogP contribution in [0.2, 0.25) is 15.1 Å². The van der Waals surface area contributed by atoms with Gasteiger partial charge in [0.1, 0.15) is 5.75 Å². The van der Waals surface area contributed by atoms with Crippen molar-refractivity contribution in [2.24, 2.45) is 0 Å². The minimum absolute atomic E-state index is 0.0837. The van der Waals surface area contributed by atoms with Gasteiger partial charge < -0.3 is 10.4 Å². The molecule has 0 saturated heterocycles. The molecule has 2 rings (SSSR count). The van der Waals surface area contributed by atoms with E-state index in [0.717, 1.165) is 0 Å². The van der Waals surface area contributed by atoms with Crippen molar-refractivity contribution < 1.29 is 9.90 Å². The maximum atomic E-state index is 12.0. The number of hydrogen-bond acceptors (Lipinski definition) is 2. The van der Waals surface area contributed by atoms with E-state index >= 15 is 0 Å². The Morgan fingerprint density at radius 1 is 1.05 bits per heavy atom. The van der Waals surface area contributed by atoms with Crippen molar-refractivity contribution in [3.8, 4) is 5.75 Å². The summed E-state index contributed by atoms with van der Waals surface area (Å²) in [7, 11) is 0. The zero-order valence-corrected chi connectivity index (χ0v) is 11.7. The van der Waals surface area contributed by atoms with E-state index in [2.05, 4.69) is 5.32 Å². The van der Waals surface area contributed by atoms with E-state index in [4.69, 9.17) is 34.8 Å². The Bertz CT molecular complexity index is 624. The molecule has 0 atom stereocenters. The van der Waals surface area contributed by atoms with Crippen molar-refractivity contribution in [1.29, 1.82) is 0 Å². The lowest BCUT2D eigenvalue weighted by molar-refractivity contribution is 0.102. The topological polar surface area (TPSA) is 49.3 Å². The first kappa shape index (κ1) is 14.0. The highest BCUT2D eigenvalue weighted by atomic mass is 35.5. The molecule has 0 spiro atoms. The fourth-order valence-electron chi connectivity index (χ4n) is 1.49. The summed E-state index contributed by atoms with van der Waals surface area (Å²) in [6.45, 7) is 0. The lowest BCUT2D eigenvalue weighted by Gasteiger charge is -2.10. The Labute approximate surface area is 124 Å². The summed E-state index contributed by atoms with van der Waals surface area (Å²) in [5.41, 5.74) is 0.380. The second kappa shape index (κ2) is 5.70. The third-order valence-corrected chi connectivity index (χ3v) is 3.27. The van der Waals surface area contributed by atoms with E-state index in [-0.39, 0.29) is 11.3 Å². The molecule has 0 radical (unpaired) electrons. The number of nitrogens with one attached hydrogen (secondary N) is 1. The molecule has 3 nitrogen and oxygen atoms in total. The van der Waals surface area contributed by atoms with Gasteiger partial charge >= 0.3 is 0 Å². The number of halogens is 3. The van der Waals surface area contributed by atoms with Gasteiger partial charge in [-0.1, -0.05) is 40.9 Å². The molecule has 2 N–H and O–H groups in total. The van der Waals surface area contributed by atoms with Gasteiger partial charge in [-0.3, -0.25) is 4.79 Å². The van der Waals surface area contributed by atoms with Crippen molar-refractivity contribution >= 4 is 46.4 Å². The summed E-state index contributed by atoms with van der Waals surface area (Å²) >= 11 is 17.6. The SMILES string of the molecule is O=C(Nc1c(Cl)cccc1Cl)c1ccc(Cl)cc1O. The molecule has 0 bridgehead atoms. The van der Waals surface area contributed by atoms with Crippen LogP contribution in [0.3, 0.4) is 0 Å². The third kappa shape index (κ3) is 3.13. The number of benzene rings is 2. The van der Waals surface area contributed by atoms with Crippen LogP contribution in [0.4, 0.5) is 5.69 Å². The zero-order valence-electron chi connectivity index (χ0n) is 9.45. The number of phenolic OH excluding ortho intramolecular Hbond substituents is 1. The van der Waals surface area contributed by atoms with Crippen LogP contribution in [0, 0.1) is 0 Å². The van der Waals surface area contributed by atoms with Crippen LogP contribution in [-0.4, -0.2) is 11.0 Å². The quantitative estimate of drug-likeness (QED) is 0.850. The van der Waals surface area contributed by atoms with Gasteiger partial charge in [-0.15, -0.1) is 0 Å². The van der Waals surface area contributed by atoms with Gasteiger partial charge in [-0.2, -0.15) is 0 Å². The lowest BCUT2D eigenvalue weighted by atomic mass is 10.2. The number of hydrogen-bond donors (Lipinski definition) is 2. The Kier molecular flexibility index (Phi) is 4.20. The van der Waals surface area contributed by atoms with Gasteiger partial charge in [-0.05, 0) is 30.3 Å². The molecule has 0 aliphatic rings. The van der Waals surface area contributed by atoms with Gasteiger partial charge in [0, 0.05) is 5.02 Å². The van der Waals surface area contributed by atoms with Gasteiger partial charge in [0.2, 0.25) is 0 Å². The summed E-state index contributed by atoms with van der Waals surface area (Å²) < 4.78 is 0. The predicted octanol–water partition coefficient (Wildman–Crippen LogP) is 4.60. The first-order valence-corrected chi connectivity index (χ1v) is 6.36. The molecule has 1 amide bonds. The van der Waals surface area contributed by atoms with Gasteiger partial charge in [0.05, 0.1) is 21.3 Å². The zero-order chi connectivity index (χ0) is 14.0. The summed E-state index contributed by atoms with van der Waals surface area (Å²) in [6, 6.07) is 9.07. The number of carbonyl (C=O) groups is 1. The highest BCUT2D eigenvalue weighted by molar-refractivity contribution is 6.40. The third-order valence-electron chi connectivity index (χ3n) is 2.41. The van der Waals surface area contributed by atoms with E-state index in [0.29, 0.717) is 20.8 Å². The van der Waals surface area contributed by atoms with Gasteiger partial charge in [-0.25, -0.2) is 0 Å².